The molecule has 3 N–H and O–H groups in total. The van der Waals surface area contributed by atoms with Crippen LogP contribution in [0.3, 0.4) is 0 Å². The highest BCUT2D eigenvalue weighted by Gasteiger charge is 2.23. The molecule has 1 atom stereocenters. The number of carbonyl (C=O) groups is 1. The van der Waals surface area contributed by atoms with Gasteiger partial charge in [-0.2, -0.15) is 0 Å². The normalized spacial score (nSPS) is 21.4. The molecule has 2 fully saturated rings. The molecular weight excluding hydrogens is 328 g/mol. The smallest absolute Gasteiger partial charge is 0.253 e. The van der Waals surface area contributed by atoms with E-state index in [9.17, 15) is 4.79 Å². The van der Waals surface area contributed by atoms with Crippen LogP contribution in [0.2, 0.25) is 0 Å². The van der Waals surface area contributed by atoms with Crippen LogP contribution in [0.15, 0.2) is 29.3 Å². The Hall–Kier alpha value is -2.08. The fourth-order valence-corrected chi connectivity index (χ4v) is 3.59. The molecule has 1 saturated heterocycles. The molecule has 6 nitrogen and oxygen atoms in total. The van der Waals surface area contributed by atoms with Gasteiger partial charge in [0.25, 0.3) is 5.91 Å². The zero-order chi connectivity index (χ0) is 18.2. The molecule has 1 saturated carbocycles. The van der Waals surface area contributed by atoms with Gasteiger partial charge in [0.05, 0.1) is 0 Å². The Morgan fingerprint density at radius 3 is 2.77 bits per heavy atom. The van der Waals surface area contributed by atoms with Crippen LogP contribution in [0, 0.1) is 0 Å². The zero-order valence-electron chi connectivity index (χ0n) is 15.6. The van der Waals surface area contributed by atoms with E-state index < -0.39 is 0 Å². The third-order valence-electron chi connectivity index (χ3n) is 5.05. The first-order valence-corrected chi connectivity index (χ1v) is 9.73. The van der Waals surface area contributed by atoms with E-state index in [4.69, 9.17) is 4.74 Å². The van der Waals surface area contributed by atoms with Gasteiger partial charge in [0.1, 0.15) is 6.10 Å². The molecule has 1 aromatic carbocycles. The summed E-state index contributed by atoms with van der Waals surface area (Å²) in [7, 11) is 1.80. The van der Waals surface area contributed by atoms with Gasteiger partial charge in [-0.05, 0) is 43.4 Å². The summed E-state index contributed by atoms with van der Waals surface area (Å²) in [6, 6.07) is 8.42. The molecule has 0 spiro atoms. The highest BCUT2D eigenvalue weighted by atomic mass is 16.5. The number of amides is 1. The van der Waals surface area contributed by atoms with Crippen molar-refractivity contribution in [2.24, 2.45) is 4.99 Å². The molecule has 26 heavy (non-hydrogen) atoms. The molecule has 0 aromatic heterocycles. The average Bonchev–Trinajstić information content (AvgIpc) is 3.21. The van der Waals surface area contributed by atoms with Crippen LogP contribution in [0.5, 0.6) is 0 Å². The molecular formula is C20H30N4O2. The van der Waals surface area contributed by atoms with Crippen molar-refractivity contribution in [3.05, 3.63) is 29.8 Å². The molecule has 6 heteroatoms. The maximum atomic E-state index is 12.2. The molecule has 1 aliphatic carbocycles. The van der Waals surface area contributed by atoms with E-state index in [1.165, 1.54) is 32.1 Å². The maximum Gasteiger partial charge on any atom is 0.253 e. The van der Waals surface area contributed by atoms with Gasteiger partial charge < -0.3 is 20.7 Å². The SMILES string of the molecule is CN=C(NCc1cccc(NC(=O)C2CCCO2)c1)NC1CCCCC1. The van der Waals surface area contributed by atoms with Gasteiger partial charge in [-0.25, -0.2) is 0 Å². The number of nitrogens with zero attached hydrogens (tertiary/aromatic N) is 1. The average molecular weight is 358 g/mol. The Labute approximate surface area is 155 Å². The summed E-state index contributed by atoms with van der Waals surface area (Å²) in [4.78, 5) is 16.5. The largest absolute Gasteiger partial charge is 0.368 e. The molecule has 1 aliphatic heterocycles. The van der Waals surface area contributed by atoms with Crippen molar-refractivity contribution in [2.75, 3.05) is 19.0 Å². The van der Waals surface area contributed by atoms with Gasteiger partial charge in [-0.1, -0.05) is 31.4 Å². The van der Waals surface area contributed by atoms with E-state index in [1.54, 1.807) is 7.05 Å². The quantitative estimate of drug-likeness (QED) is 0.559. The van der Waals surface area contributed by atoms with Crippen LogP contribution in [-0.2, 0) is 16.1 Å². The third-order valence-corrected chi connectivity index (χ3v) is 5.05. The lowest BCUT2D eigenvalue weighted by atomic mass is 9.96. The highest BCUT2D eigenvalue weighted by Crippen LogP contribution is 2.18. The van der Waals surface area contributed by atoms with Crippen molar-refractivity contribution in [3.8, 4) is 0 Å². The molecule has 1 unspecified atom stereocenters. The Morgan fingerprint density at radius 1 is 1.19 bits per heavy atom. The van der Waals surface area contributed by atoms with E-state index in [0.29, 0.717) is 19.2 Å². The Morgan fingerprint density at radius 2 is 2.04 bits per heavy atom. The number of carbonyl (C=O) groups excluding carboxylic acids is 1. The molecule has 1 heterocycles. The Kier molecular flexibility index (Phi) is 6.89. The van der Waals surface area contributed by atoms with Crippen molar-refractivity contribution in [3.63, 3.8) is 0 Å². The van der Waals surface area contributed by atoms with Crippen molar-refractivity contribution in [1.29, 1.82) is 0 Å². The minimum atomic E-state index is -0.310. The van der Waals surface area contributed by atoms with E-state index in [1.807, 2.05) is 24.3 Å². The summed E-state index contributed by atoms with van der Waals surface area (Å²) >= 11 is 0. The number of nitrogens with one attached hydrogen (secondary N) is 3. The van der Waals surface area contributed by atoms with Crippen LogP contribution in [0.1, 0.15) is 50.5 Å². The second-order valence-corrected chi connectivity index (χ2v) is 7.10. The van der Waals surface area contributed by atoms with E-state index in [-0.39, 0.29) is 12.0 Å². The third kappa shape index (κ3) is 5.46. The van der Waals surface area contributed by atoms with Gasteiger partial charge in [-0.15, -0.1) is 0 Å². The number of rotatable bonds is 5. The van der Waals surface area contributed by atoms with Crippen LogP contribution in [-0.4, -0.2) is 37.7 Å². The fourth-order valence-electron chi connectivity index (χ4n) is 3.59. The Bertz CT molecular complexity index is 620. The Balaban J connectivity index is 1.50. The van der Waals surface area contributed by atoms with Gasteiger partial charge in [0.2, 0.25) is 0 Å². The minimum Gasteiger partial charge on any atom is -0.368 e. The fraction of sp³-hybridized carbons (Fsp3) is 0.600. The molecule has 1 aromatic rings. The lowest BCUT2D eigenvalue weighted by Gasteiger charge is -2.25. The van der Waals surface area contributed by atoms with Gasteiger partial charge >= 0.3 is 0 Å². The van der Waals surface area contributed by atoms with Crippen molar-refractivity contribution in [2.45, 2.75) is 63.6 Å². The van der Waals surface area contributed by atoms with E-state index in [2.05, 4.69) is 20.9 Å². The van der Waals surface area contributed by atoms with E-state index in [0.717, 1.165) is 30.1 Å². The van der Waals surface area contributed by atoms with Gasteiger partial charge in [0, 0.05) is 31.9 Å². The number of anilines is 1. The number of aliphatic imine (C=N–C) groups is 1. The second-order valence-electron chi connectivity index (χ2n) is 7.10. The predicted molar refractivity (Wildman–Crippen MR) is 104 cm³/mol. The summed E-state index contributed by atoms with van der Waals surface area (Å²) in [5.74, 6) is 0.785. The number of ether oxygens (including phenoxy) is 1. The first-order chi connectivity index (χ1) is 12.7. The standard InChI is InChI=1S/C20H30N4O2/c1-21-20(24-16-8-3-2-4-9-16)22-14-15-7-5-10-17(13-15)23-19(25)18-11-6-12-26-18/h5,7,10,13,16,18H,2-4,6,8-9,11-12,14H2,1H3,(H,23,25)(H2,21,22,24). The maximum absolute atomic E-state index is 12.2. The molecule has 0 radical (unpaired) electrons. The lowest BCUT2D eigenvalue weighted by molar-refractivity contribution is -0.124. The number of benzene rings is 1. The van der Waals surface area contributed by atoms with Crippen LogP contribution < -0.4 is 16.0 Å². The van der Waals surface area contributed by atoms with Gasteiger partial charge in [0.15, 0.2) is 5.96 Å². The van der Waals surface area contributed by atoms with Crippen molar-refractivity contribution < 1.29 is 9.53 Å². The molecule has 142 valence electrons. The summed E-state index contributed by atoms with van der Waals surface area (Å²) in [5, 5.41) is 9.84. The molecule has 0 bridgehead atoms. The van der Waals surface area contributed by atoms with Crippen molar-refractivity contribution in [1.82, 2.24) is 10.6 Å². The number of hydrogen-bond donors (Lipinski definition) is 3. The van der Waals surface area contributed by atoms with Gasteiger partial charge in [-0.3, -0.25) is 9.79 Å². The summed E-state index contributed by atoms with van der Waals surface area (Å²) in [5.41, 5.74) is 1.90. The van der Waals surface area contributed by atoms with Crippen LogP contribution >= 0.6 is 0 Å². The molecule has 3 rings (SSSR count). The highest BCUT2D eigenvalue weighted by molar-refractivity contribution is 5.94. The first-order valence-electron chi connectivity index (χ1n) is 9.73. The van der Waals surface area contributed by atoms with E-state index >= 15 is 0 Å². The number of hydrogen-bond acceptors (Lipinski definition) is 3. The van der Waals surface area contributed by atoms with Crippen LogP contribution in [0.4, 0.5) is 5.69 Å². The monoisotopic (exact) mass is 358 g/mol. The predicted octanol–water partition coefficient (Wildman–Crippen LogP) is 2.80. The second kappa shape index (κ2) is 9.57. The summed E-state index contributed by atoms with van der Waals surface area (Å²) in [6.45, 7) is 1.34. The minimum absolute atomic E-state index is 0.0533. The zero-order valence-corrected chi connectivity index (χ0v) is 15.6. The first kappa shape index (κ1) is 18.7. The molecule has 1 amide bonds. The number of guanidine groups is 1. The lowest BCUT2D eigenvalue weighted by Crippen LogP contribution is -2.43. The summed E-state index contributed by atoms with van der Waals surface area (Å²) in [6.07, 6.45) is 7.80. The molecule has 2 aliphatic rings. The summed E-state index contributed by atoms with van der Waals surface area (Å²) < 4.78 is 5.43. The topological polar surface area (TPSA) is 74.8 Å². The van der Waals surface area contributed by atoms with Crippen molar-refractivity contribution >= 4 is 17.6 Å². The van der Waals surface area contributed by atoms with Crippen LogP contribution in [0.25, 0.3) is 0 Å².